The van der Waals surface area contributed by atoms with E-state index >= 15 is 0 Å². The van der Waals surface area contributed by atoms with Gasteiger partial charge in [-0.2, -0.15) is 0 Å². The summed E-state index contributed by atoms with van der Waals surface area (Å²) in [5.74, 6) is 6.60. The van der Waals surface area contributed by atoms with Gasteiger partial charge in [0.15, 0.2) is 0 Å². The molecule has 0 aliphatic carbocycles. The number of hydrogen-bond acceptors (Lipinski definition) is 4. The second-order valence-corrected chi connectivity index (χ2v) is 3.86. The highest BCUT2D eigenvalue weighted by molar-refractivity contribution is 7.48. The van der Waals surface area contributed by atoms with Crippen molar-refractivity contribution < 1.29 is 18.1 Å². The summed E-state index contributed by atoms with van der Waals surface area (Å²) in [6.45, 7) is -0.307. The summed E-state index contributed by atoms with van der Waals surface area (Å²) in [5.41, 5.74) is 0. The van der Waals surface area contributed by atoms with Crippen molar-refractivity contribution in [2.24, 2.45) is 0 Å². The fraction of sp³-hybridized carbons (Fsp3) is 0.400. The molecule has 5 heteroatoms. The molecule has 0 aromatic heterocycles. The summed E-state index contributed by atoms with van der Waals surface area (Å²) < 4.78 is 26.0. The van der Waals surface area contributed by atoms with Gasteiger partial charge in [-0.3, -0.25) is 13.6 Å². The normalized spacial score (nSPS) is 9.93. The van der Waals surface area contributed by atoms with Crippen molar-refractivity contribution >= 4 is 7.82 Å². The Hall–Kier alpha value is -1.21. The standard InChI is InChI=1S/C10H11O4P/c1-4-7-10-14-15(11,12-8-5-2)13-9-6-3/h1-3H,7-10H2. The Morgan fingerprint density at radius 2 is 1.47 bits per heavy atom. The van der Waals surface area contributed by atoms with Gasteiger partial charge in [-0.25, -0.2) is 4.57 Å². The van der Waals surface area contributed by atoms with Gasteiger partial charge in [-0.1, -0.05) is 11.8 Å². The quantitative estimate of drug-likeness (QED) is 0.374. The van der Waals surface area contributed by atoms with Crippen LogP contribution in [0.3, 0.4) is 0 Å². The maximum absolute atomic E-state index is 11.7. The molecule has 0 fully saturated rings. The zero-order chi connectivity index (χ0) is 11.6. The minimum Gasteiger partial charge on any atom is -0.286 e. The van der Waals surface area contributed by atoms with Gasteiger partial charge in [0.25, 0.3) is 0 Å². The Labute approximate surface area is 89.9 Å². The van der Waals surface area contributed by atoms with Crippen LogP contribution < -0.4 is 0 Å². The van der Waals surface area contributed by atoms with Crippen molar-refractivity contribution in [3.8, 4) is 37.0 Å². The van der Waals surface area contributed by atoms with Crippen molar-refractivity contribution in [2.75, 3.05) is 19.8 Å². The molecular weight excluding hydrogens is 215 g/mol. The van der Waals surface area contributed by atoms with E-state index in [1.807, 2.05) is 0 Å². The van der Waals surface area contributed by atoms with Crippen LogP contribution in [0.5, 0.6) is 0 Å². The van der Waals surface area contributed by atoms with Crippen LogP contribution in [-0.2, 0) is 18.1 Å². The average Bonchev–Trinajstić information content (AvgIpc) is 2.24. The SMILES string of the molecule is C#CCCOP(=O)(OCC#C)OCC#C. The summed E-state index contributed by atoms with van der Waals surface area (Å²) in [7, 11) is -3.66. The molecule has 80 valence electrons. The Bertz CT molecular complexity index is 320. The minimum absolute atomic E-state index is 0.0585. The molecule has 0 aliphatic heterocycles. The van der Waals surface area contributed by atoms with E-state index in [9.17, 15) is 4.57 Å². The predicted octanol–water partition coefficient (Wildman–Crippen LogP) is 1.43. The first-order valence-electron chi connectivity index (χ1n) is 4.02. The first-order chi connectivity index (χ1) is 7.18. The summed E-state index contributed by atoms with van der Waals surface area (Å²) in [6, 6.07) is 0. The smallest absolute Gasteiger partial charge is 0.286 e. The van der Waals surface area contributed by atoms with Gasteiger partial charge in [0.1, 0.15) is 13.2 Å². The lowest BCUT2D eigenvalue weighted by Crippen LogP contribution is -2.02. The molecule has 0 amide bonds. The summed E-state index contributed by atoms with van der Waals surface area (Å²) in [6.07, 6.45) is 15.2. The highest BCUT2D eigenvalue weighted by Crippen LogP contribution is 2.49. The number of phosphoric acid groups is 1. The minimum atomic E-state index is -3.66. The van der Waals surface area contributed by atoms with E-state index in [4.69, 9.17) is 32.8 Å². The molecule has 0 atom stereocenters. The zero-order valence-electron chi connectivity index (χ0n) is 8.14. The van der Waals surface area contributed by atoms with Crippen molar-refractivity contribution in [2.45, 2.75) is 6.42 Å². The van der Waals surface area contributed by atoms with E-state index < -0.39 is 7.82 Å². The molecule has 0 saturated carbocycles. The molecule has 0 bridgehead atoms. The van der Waals surface area contributed by atoms with Gasteiger partial charge in [-0.15, -0.1) is 25.2 Å². The van der Waals surface area contributed by atoms with E-state index in [0.29, 0.717) is 6.42 Å². The maximum Gasteiger partial charge on any atom is 0.476 e. The number of hydrogen-bond donors (Lipinski definition) is 0. The molecular formula is C10H11O4P. The third kappa shape index (κ3) is 6.81. The second kappa shape index (κ2) is 8.13. The van der Waals surface area contributed by atoms with Gasteiger partial charge in [-0.05, 0) is 0 Å². The first-order valence-corrected chi connectivity index (χ1v) is 5.48. The number of rotatable bonds is 7. The maximum atomic E-state index is 11.7. The Morgan fingerprint density at radius 1 is 0.933 bits per heavy atom. The van der Waals surface area contributed by atoms with Crippen molar-refractivity contribution in [3.63, 3.8) is 0 Å². The third-order valence-corrected chi connectivity index (χ3v) is 2.50. The van der Waals surface area contributed by atoms with Crippen LogP contribution in [0.15, 0.2) is 0 Å². The van der Waals surface area contributed by atoms with Crippen LogP contribution >= 0.6 is 7.82 Å². The van der Waals surface area contributed by atoms with Crippen LogP contribution in [0.4, 0.5) is 0 Å². The molecule has 0 radical (unpaired) electrons. The molecule has 0 aliphatic rings. The molecule has 0 unspecified atom stereocenters. The highest BCUT2D eigenvalue weighted by Gasteiger charge is 2.25. The van der Waals surface area contributed by atoms with Crippen LogP contribution in [-0.4, -0.2) is 19.8 Å². The summed E-state index contributed by atoms with van der Waals surface area (Å²) in [4.78, 5) is 0. The van der Waals surface area contributed by atoms with Crippen molar-refractivity contribution in [1.29, 1.82) is 0 Å². The first kappa shape index (κ1) is 13.8. The molecule has 0 aromatic carbocycles. The van der Waals surface area contributed by atoms with E-state index in [0.717, 1.165) is 0 Å². The monoisotopic (exact) mass is 226 g/mol. The van der Waals surface area contributed by atoms with Crippen molar-refractivity contribution in [3.05, 3.63) is 0 Å². The molecule has 0 N–H and O–H groups in total. The van der Waals surface area contributed by atoms with Crippen LogP contribution in [0.2, 0.25) is 0 Å². The fourth-order valence-electron chi connectivity index (χ4n) is 0.561. The largest absolute Gasteiger partial charge is 0.476 e. The number of terminal acetylenes is 3. The van der Waals surface area contributed by atoms with E-state index in [1.54, 1.807) is 0 Å². The third-order valence-electron chi connectivity index (χ3n) is 1.11. The molecule has 0 heterocycles. The van der Waals surface area contributed by atoms with Gasteiger partial charge in [0.2, 0.25) is 0 Å². The van der Waals surface area contributed by atoms with Crippen LogP contribution in [0.25, 0.3) is 0 Å². The zero-order valence-corrected chi connectivity index (χ0v) is 9.04. The average molecular weight is 226 g/mol. The predicted molar refractivity (Wildman–Crippen MR) is 56.6 cm³/mol. The lowest BCUT2D eigenvalue weighted by molar-refractivity contribution is 0.136. The van der Waals surface area contributed by atoms with E-state index in [-0.39, 0.29) is 19.8 Å². The summed E-state index contributed by atoms with van der Waals surface area (Å²) in [5, 5.41) is 0. The Morgan fingerprint density at radius 3 is 1.87 bits per heavy atom. The van der Waals surface area contributed by atoms with Crippen LogP contribution in [0.1, 0.15) is 6.42 Å². The van der Waals surface area contributed by atoms with Gasteiger partial charge < -0.3 is 0 Å². The summed E-state index contributed by atoms with van der Waals surface area (Å²) >= 11 is 0. The lowest BCUT2D eigenvalue weighted by atomic mass is 10.5. The molecule has 15 heavy (non-hydrogen) atoms. The number of phosphoric ester groups is 1. The van der Waals surface area contributed by atoms with Gasteiger partial charge in [0.05, 0.1) is 6.61 Å². The van der Waals surface area contributed by atoms with Gasteiger partial charge in [0, 0.05) is 6.42 Å². The second-order valence-electron chi connectivity index (χ2n) is 2.19. The van der Waals surface area contributed by atoms with Gasteiger partial charge >= 0.3 is 7.82 Å². The molecule has 0 rings (SSSR count). The van der Waals surface area contributed by atoms with Crippen molar-refractivity contribution in [1.82, 2.24) is 0 Å². The Kier molecular flexibility index (Phi) is 7.47. The fourth-order valence-corrected chi connectivity index (χ4v) is 1.56. The molecule has 0 aromatic rings. The highest BCUT2D eigenvalue weighted by atomic mass is 31.2. The molecule has 0 saturated heterocycles. The van der Waals surface area contributed by atoms with E-state index in [2.05, 4.69) is 17.8 Å². The van der Waals surface area contributed by atoms with Crippen LogP contribution in [0, 0.1) is 37.0 Å². The van der Waals surface area contributed by atoms with E-state index in [1.165, 1.54) is 0 Å². The molecule has 4 nitrogen and oxygen atoms in total. The lowest BCUT2D eigenvalue weighted by Gasteiger charge is -2.14. The molecule has 0 spiro atoms. The topological polar surface area (TPSA) is 44.8 Å². The Balaban J connectivity index is 4.17.